The van der Waals surface area contributed by atoms with Crippen molar-refractivity contribution >= 4 is 29.9 Å². The molecule has 0 N–H and O–H groups in total. The molecule has 1 aliphatic heterocycles. The molecule has 17 heavy (non-hydrogen) atoms. The first-order valence-electron chi connectivity index (χ1n) is 6.02. The van der Waals surface area contributed by atoms with Crippen LogP contribution >= 0.6 is 24.0 Å². The number of aromatic nitrogens is 1. The number of likely N-dealkylation sites (tertiary alicyclic amines) is 1. The van der Waals surface area contributed by atoms with Crippen molar-refractivity contribution in [1.82, 2.24) is 9.88 Å². The Morgan fingerprint density at radius 3 is 3.18 bits per heavy atom. The fourth-order valence-corrected chi connectivity index (χ4v) is 3.35. The van der Waals surface area contributed by atoms with Crippen LogP contribution in [0.1, 0.15) is 30.0 Å². The molecule has 1 atom stereocenters. The highest BCUT2D eigenvalue weighted by atomic mass is 32.1. The summed E-state index contributed by atoms with van der Waals surface area (Å²) < 4.78 is 0. The molecule has 1 aliphatic rings. The van der Waals surface area contributed by atoms with E-state index in [0.717, 1.165) is 36.5 Å². The van der Waals surface area contributed by atoms with Gasteiger partial charge in [-0.15, -0.1) is 11.3 Å². The Balaban J connectivity index is 1.97. The molecule has 0 aromatic carbocycles. The SMILES string of the molecule is Cc1csc(CC2CCCN2C(=O)CCS)n1. The maximum absolute atomic E-state index is 11.9. The predicted octanol–water partition coefficient (Wildman–Crippen LogP) is 2.30. The summed E-state index contributed by atoms with van der Waals surface area (Å²) in [4.78, 5) is 18.4. The Kier molecular flexibility index (Phi) is 4.45. The van der Waals surface area contributed by atoms with Gasteiger partial charge in [-0.1, -0.05) is 0 Å². The molecule has 1 amide bonds. The first-order chi connectivity index (χ1) is 8.20. The molecular weight excluding hydrogens is 252 g/mol. The second-order valence-corrected chi connectivity index (χ2v) is 5.83. The summed E-state index contributed by atoms with van der Waals surface area (Å²) in [6, 6.07) is 0.355. The van der Waals surface area contributed by atoms with Gasteiger partial charge in [-0.2, -0.15) is 12.6 Å². The molecule has 2 rings (SSSR count). The number of thiazole rings is 1. The topological polar surface area (TPSA) is 33.2 Å². The second kappa shape index (κ2) is 5.87. The van der Waals surface area contributed by atoms with E-state index in [0.29, 0.717) is 18.2 Å². The lowest BCUT2D eigenvalue weighted by atomic mass is 10.1. The average Bonchev–Trinajstić information content (AvgIpc) is 2.89. The Bertz CT molecular complexity index is 392. The van der Waals surface area contributed by atoms with Gasteiger partial charge in [0.15, 0.2) is 0 Å². The third-order valence-corrected chi connectivity index (χ3v) is 4.31. The van der Waals surface area contributed by atoms with Crippen LogP contribution in [0.15, 0.2) is 5.38 Å². The normalized spacial score (nSPS) is 19.9. The number of amides is 1. The molecule has 0 aliphatic carbocycles. The van der Waals surface area contributed by atoms with E-state index in [2.05, 4.69) is 23.0 Å². The zero-order valence-corrected chi connectivity index (χ0v) is 11.8. The minimum Gasteiger partial charge on any atom is -0.339 e. The van der Waals surface area contributed by atoms with E-state index >= 15 is 0 Å². The number of carbonyl (C=O) groups is 1. The van der Waals surface area contributed by atoms with Crippen LogP contribution in [0.2, 0.25) is 0 Å². The Morgan fingerprint density at radius 2 is 2.53 bits per heavy atom. The van der Waals surface area contributed by atoms with Gasteiger partial charge in [0.2, 0.25) is 5.91 Å². The molecule has 1 aromatic heterocycles. The highest BCUT2D eigenvalue weighted by Crippen LogP contribution is 2.23. The van der Waals surface area contributed by atoms with Crippen molar-refractivity contribution in [3.05, 3.63) is 16.1 Å². The quantitative estimate of drug-likeness (QED) is 0.852. The van der Waals surface area contributed by atoms with E-state index in [1.54, 1.807) is 11.3 Å². The van der Waals surface area contributed by atoms with Crippen molar-refractivity contribution in [1.29, 1.82) is 0 Å². The molecule has 0 bridgehead atoms. The number of nitrogens with zero attached hydrogens (tertiary/aromatic N) is 2. The van der Waals surface area contributed by atoms with Crippen molar-refractivity contribution in [3.63, 3.8) is 0 Å². The van der Waals surface area contributed by atoms with Crippen molar-refractivity contribution in [2.24, 2.45) is 0 Å². The van der Waals surface area contributed by atoms with Gasteiger partial charge in [-0.3, -0.25) is 4.79 Å². The zero-order chi connectivity index (χ0) is 12.3. The van der Waals surface area contributed by atoms with Gasteiger partial charge in [-0.25, -0.2) is 4.98 Å². The molecule has 5 heteroatoms. The van der Waals surface area contributed by atoms with Crippen molar-refractivity contribution in [2.45, 2.75) is 38.6 Å². The van der Waals surface area contributed by atoms with Crippen LogP contribution in [0.4, 0.5) is 0 Å². The van der Waals surface area contributed by atoms with Gasteiger partial charge in [-0.05, 0) is 25.5 Å². The van der Waals surface area contributed by atoms with Crippen LogP contribution in [0.5, 0.6) is 0 Å². The molecule has 1 unspecified atom stereocenters. The molecule has 3 nitrogen and oxygen atoms in total. The highest BCUT2D eigenvalue weighted by molar-refractivity contribution is 7.80. The molecule has 1 fully saturated rings. The smallest absolute Gasteiger partial charge is 0.223 e. The number of carbonyl (C=O) groups excluding carboxylic acids is 1. The lowest BCUT2D eigenvalue weighted by Gasteiger charge is -2.23. The standard InChI is InChI=1S/C12H18N2OS2/c1-9-8-17-11(13-9)7-10-3-2-5-14(10)12(15)4-6-16/h8,10,16H,2-7H2,1H3. The van der Waals surface area contributed by atoms with E-state index in [-0.39, 0.29) is 5.91 Å². The number of rotatable bonds is 4. The van der Waals surface area contributed by atoms with Crippen LogP contribution < -0.4 is 0 Å². The van der Waals surface area contributed by atoms with Crippen LogP contribution in [0.25, 0.3) is 0 Å². The maximum Gasteiger partial charge on any atom is 0.223 e. The number of thiol groups is 1. The second-order valence-electron chi connectivity index (χ2n) is 4.44. The molecular formula is C12H18N2OS2. The lowest BCUT2D eigenvalue weighted by Crippen LogP contribution is -2.36. The summed E-state index contributed by atoms with van der Waals surface area (Å²) in [7, 11) is 0. The average molecular weight is 270 g/mol. The minimum atomic E-state index is 0.246. The third kappa shape index (κ3) is 3.22. The van der Waals surface area contributed by atoms with Crippen LogP contribution in [-0.4, -0.2) is 34.1 Å². The molecule has 1 saturated heterocycles. The fourth-order valence-electron chi connectivity index (χ4n) is 2.31. The Labute approximate surface area is 112 Å². The van der Waals surface area contributed by atoms with Crippen LogP contribution in [0, 0.1) is 6.92 Å². The Hall–Kier alpha value is -0.550. The maximum atomic E-state index is 11.9. The first-order valence-corrected chi connectivity index (χ1v) is 7.53. The zero-order valence-electron chi connectivity index (χ0n) is 10.1. The van der Waals surface area contributed by atoms with Gasteiger partial charge in [0, 0.05) is 36.5 Å². The van der Waals surface area contributed by atoms with E-state index in [4.69, 9.17) is 0 Å². The van der Waals surface area contributed by atoms with E-state index in [1.165, 1.54) is 0 Å². The van der Waals surface area contributed by atoms with Gasteiger partial charge in [0.05, 0.1) is 5.01 Å². The first kappa shape index (κ1) is 12.9. The van der Waals surface area contributed by atoms with E-state index in [1.807, 2.05) is 11.8 Å². The van der Waals surface area contributed by atoms with Crippen LogP contribution in [-0.2, 0) is 11.2 Å². The number of hydrogen-bond acceptors (Lipinski definition) is 4. The predicted molar refractivity (Wildman–Crippen MR) is 73.8 cm³/mol. The van der Waals surface area contributed by atoms with Gasteiger partial charge < -0.3 is 4.90 Å². The summed E-state index contributed by atoms with van der Waals surface area (Å²) in [6.45, 7) is 2.92. The fraction of sp³-hybridized carbons (Fsp3) is 0.667. The lowest BCUT2D eigenvalue weighted by molar-refractivity contribution is -0.131. The van der Waals surface area contributed by atoms with Crippen molar-refractivity contribution in [3.8, 4) is 0 Å². The summed E-state index contributed by atoms with van der Waals surface area (Å²) in [5, 5.41) is 3.22. The van der Waals surface area contributed by atoms with Crippen molar-refractivity contribution in [2.75, 3.05) is 12.3 Å². The van der Waals surface area contributed by atoms with E-state index in [9.17, 15) is 4.79 Å². The molecule has 0 spiro atoms. The number of aryl methyl sites for hydroxylation is 1. The van der Waals surface area contributed by atoms with Gasteiger partial charge in [0.25, 0.3) is 0 Å². The minimum absolute atomic E-state index is 0.246. The van der Waals surface area contributed by atoms with Crippen molar-refractivity contribution < 1.29 is 4.79 Å². The third-order valence-electron chi connectivity index (χ3n) is 3.10. The molecule has 94 valence electrons. The molecule has 2 heterocycles. The van der Waals surface area contributed by atoms with Crippen LogP contribution in [0.3, 0.4) is 0 Å². The largest absolute Gasteiger partial charge is 0.339 e. The molecule has 0 saturated carbocycles. The summed E-state index contributed by atoms with van der Waals surface area (Å²) >= 11 is 5.83. The summed E-state index contributed by atoms with van der Waals surface area (Å²) in [5.74, 6) is 0.883. The summed E-state index contributed by atoms with van der Waals surface area (Å²) in [5.41, 5.74) is 1.08. The number of hydrogen-bond donors (Lipinski definition) is 1. The molecule has 0 radical (unpaired) electrons. The highest BCUT2D eigenvalue weighted by Gasteiger charge is 2.28. The van der Waals surface area contributed by atoms with Gasteiger partial charge >= 0.3 is 0 Å². The molecule has 1 aromatic rings. The summed E-state index contributed by atoms with van der Waals surface area (Å²) in [6.07, 6.45) is 3.69. The monoisotopic (exact) mass is 270 g/mol. The van der Waals surface area contributed by atoms with E-state index < -0.39 is 0 Å². The Morgan fingerprint density at radius 1 is 1.71 bits per heavy atom. The van der Waals surface area contributed by atoms with Gasteiger partial charge in [0.1, 0.15) is 0 Å².